The summed E-state index contributed by atoms with van der Waals surface area (Å²) in [6.45, 7) is 14.7. The third-order valence-electron chi connectivity index (χ3n) is 3.50. The van der Waals surface area contributed by atoms with Crippen molar-refractivity contribution in [1.82, 2.24) is 5.32 Å². The van der Waals surface area contributed by atoms with Gasteiger partial charge in [-0.05, 0) is 62.8 Å². The number of rotatable bonds is 4. The second-order valence-electron chi connectivity index (χ2n) is 7.52. The van der Waals surface area contributed by atoms with E-state index in [1.165, 1.54) is 5.56 Å². The van der Waals surface area contributed by atoms with Gasteiger partial charge in [0.05, 0.1) is 0 Å². The normalized spacial score (nSPS) is 14.5. The van der Waals surface area contributed by atoms with Crippen LogP contribution in [0.1, 0.15) is 47.1 Å². The zero-order valence-electron chi connectivity index (χ0n) is 13.2. The van der Waals surface area contributed by atoms with Crippen molar-refractivity contribution in [3.05, 3.63) is 34.3 Å². The molecule has 1 rings (SSSR count). The Balaban J connectivity index is 2.73. The van der Waals surface area contributed by atoms with E-state index in [-0.39, 0.29) is 5.54 Å². The molecule has 1 aromatic rings. The first-order valence-corrected chi connectivity index (χ1v) is 7.87. The molecule has 0 saturated heterocycles. The second-order valence-corrected chi connectivity index (χ2v) is 8.44. The van der Waals surface area contributed by atoms with Crippen LogP contribution in [-0.2, 0) is 6.42 Å². The Hall–Kier alpha value is -0.340. The molecule has 0 amide bonds. The van der Waals surface area contributed by atoms with Gasteiger partial charge in [0.1, 0.15) is 0 Å². The van der Waals surface area contributed by atoms with Gasteiger partial charge < -0.3 is 5.32 Å². The highest BCUT2D eigenvalue weighted by Crippen LogP contribution is 2.29. The molecule has 0 saturated carbocycles. The lowest BCUT2D eigenvalue weighted by molar-refractivity contribution is 0.214. The van der Waals surface area contributed by atoms with Gasteiger partial charge in [-0.15, -0.1) is 0 Å². The summed E-state index contributed by atoms with van der Waals surface area (Å²) >= 11 is 3.50. The Morgan fingerprint density at radius 1 is 1.00 bits per heavy atom. The SMILES string of the molecule is CC(C)(C)NCC(Cc1ccc(Br)cc1)C(C)(C)C. The van der Waals surface area contributed by atoms with Crippen molar-refractivity contribution in [3.8, 4) is 0 Å². The molecular formula is C17H28BrN. The van der Waals surface area contributed by atoms with Crippen LogP contribution in [0, 0.1) is 11.3 Å². The highest BCUT2D eigenvalue weighted by atomic mass is 79.9. The van der Waals surface area contributed by atoms with Gasteiger partial charge in [-0.25, -0.2) is 0 Å². The molecule has 1 unspecified atom stereocenters. The molecule has 0 heterocycles. The molecule has 2 heteroatoms. The monoisotopic (exact) mass is 325 g/mol. The Kier molecular flexibility index (Phi) is 5.64. The number of hydrogen-bond donors (Lipinski definition) is 1. The van der Waals surface area contributed by atoms with Crippen LogP contribution >= 0.6 is 15.9 Å². The second kappa shape index (κ2) is 6.41. The van der Waals surface area contributed by atoms with Crippen LogP contribution < -0.4 is 5.32 Å². The molecule has 1 aromatic carbocycles. The highest BCUT2D eigenvalue weighted by molar-refractivity contribution is 9.10. The Morgan fingerprint density at radius 2 is 1.53 bits per heavy atom. The fourth-order valence-corrected chi connectivity index (χ4v) is 2.28. The minimum absolute atomic E-state index is 0.184. The average molecular weight is 326 g/mol. The van der Waals surface area contributed by atoms with Gasteiger partial charge in [0.2, 0.25) is 0 Å². The fraction of sp³-hybridized carbons (Fsp3) is 0.647. The molecule has 0 aliphatic carbocycles. The van der Waals surface area contributed by atoms with E-state index in [4.69, 9.17) is 0 Å². The summed E-state index contributed by atoms with van der Waals surface area (Å²) in [4.78, 5) is 0. The van der Waals surface area contributed by atoms with E-state index >= 15 is 0 Å². The van der Waals surface area contributed by atoms with Gasteiger partial charge in [-0.2, -0.15) is 0 Å². The van der Waals surface area contributed by atoms with Crippen molar-refractivity contribution in [3.63, 3.8) is 0 Å². The summed E-state index contributed by atoms with van der Waals surface area (Å²) < 4.78 is 1.15. The number of hydrogen-bond acceptors (Lipinski definition) is 1. The third-order valence-corrected chi connectivity index (χ3v) is 4.03. The van der Waals surface area contributed by atoms with E-state index in [0.29, 0.717) is 11.3 Å². The highest BCUT2D eigenvalue weighted by Gasteiger charge is 2.26. The first-order valence-electron chi connectivity index (χ1n) is 7.07. The lowest BCUT2D eigenvalue weighted by atomic mass is 9.77. The van der Waals surface area contributed by atoms with Crippen LogP contribution in [0.15, 0.2) is 28.7 Å². The number of halogens is 1. The van der Waals surface area contributed by atoms with Crippen LogP contribution in [0.4, 0.5) is 0 Å². The standard InChI is InChI=1S/C17H28BrN/c1-16(2,3)14(12-19-17(4,5)6)11-13-7-9-15(18)10-8-13/h7-10,14,19H,11-12H2,1-6H3. The quantitative estimate of drug-likeness (QED) is 0.817. The van der Waals surface area contributed by atoms with Gasteiger partial charge in [0.25, 0.3) is 0 Å². The van der Waals surface area contributed by atoms with Gasteiger partial charge >= 0.3 is 0 Å². The molecule has 0 aliphatic heterocycles. The first-order chi connectivity index (χ1) is 8.58. The predicted molar refractivity (Wildman–Crippen MR) is 88.5 cm³/mol. The van der Waals surface area contributed by atoms with E-state index in [1.54, 1.807) is 0 Å². The largest absolute Gasteiger partial charge is 0.312 e. The first kappa shape index (κ1) is 16.7. The van der Waals surface area contributed by atoms with E-state index < -0.39 is 0 Å². The lowest BCUT2D eigenvalue weighted by Crippen LogP contribution is -2.42. The molecule has 0 aromatic heterocycles. The van der Waals surface area contributed by atoms with Crippen LogP contribution in [0.3, 0.4) is 0 Å². The van der Waals surface area contributed by atoms with E-state index in [2.05, 4.69) is 87.1 Å². The van der Waals surface area contributed by atoms with Gasteiger partial charge in [0, 0.05) is 10.0 Å². The maximum absolute atomic E-state index is 3.65. The van der Waals surface area contributed by atoms with Crippen molar-refractivity contribution in [1.29, 1.82) is 0 Å². The average Bonchev–Trinajstić information content (AvgIpc) is 2.23. The molecule has 0 spiro atoms. The summed E-state index contributed by atoms with van der Waals surface area (Å²) in [7, 11) is 0. The summed E-state index contributed by atoms with van der Waals surface area (Å²) in [6, 6.07) is 8.71. The van der Waals surface area contributed by atoms with Crippen molar-refractivity contribution in [2.45, 2.75) is 53.5 Å². The van der Waals surface area contributed by atoms with Crippen LogP contribution in [0.5, 0.6) is 0 Å². The molecule has 19 heavy (non-hydrogen) atoms. The molecule has 1 atom stereocenters. The molecule has 1 nitrogen and oxygen atoms in total. The number of benzene rings is 1. The van der Waals surface area contributed by atoms with Crippen molar-refractivity contribution in [2.24, 2.45) is 11.3 Å². The molecule has 108 valence electrons. The van der Waals surface area contributed by atoms with E-state index in [9.17, 15) is 0 Å². The van der Waals surface area contributed by atoms with E-state index in [1.807, 2.05) is 0 Å². The molecule has 0 radical (unpaired) electrons. The van der Waals surface area contributed by atoms with Crippen LogP contribution in [0.25, 0.3) is 0 Å². The smallest absolute Gasteiger partial charge is 0.0175 e. The number of nitrogens with one attached hydrogen (secondary N) is 1. The van der Waals surface area contributed by atoms with E-state index in [0.717, 1.165) is 17.4 Å². The molecule has 0 aliphatic rings. The van der Waals surface area contributed by atoms with Crippen molar-refractivity contribution in [2.75, 3.05) is 6.54 Å². The maximum Gasteiger partial charge on any atom is 0.0175 e. The molecule has 0 fully saturated rings. The molecular weight excluding hydrogens is 298 g/mol. The Bertz CT molecular complexity index is 381. The topological polar surface area (TPSA) is 12.0 Å². The minimum atomic E-state index is 0.184. The van der Waals surface area contributed by atoms with Crippen LogP contribution in [0.2, 0.25) is 0 Å². The summed E-state index contributed by atoms with van der Waals surface area (Å²) in [5.74, 6) is 0.632. The minimum Gasteiger partial charge on any atom is -0.312 e. The van der Waals surface area contributed by atoms with Gasteiger partial charge in [-0.1, -0.05) is 48.8 Å². The van der Waals surface area contributed by atoms with Gasteiger partial charge in [0.15, 0.2) is 0 Å². The summed E-state index contributed by atoms with van der Waals surface area (Å²) in [5, 5.41) is 3.65. The summed E-state index contributed by atoms with van der Waals surface area (Å²) in [6.07, 6.45) is 1.12. The molecule has 1 N–H and O–H groups in total. The fourth-order valence-electron chi connectivity index (χ4n) is 2.02. The Labute approximate surface area is 127 Å². The van der Waals surface area contributed by atoms with Gasteiger partial charge in [-0.3, -0.25) is 0 Å². The van der Waals surface area contributed by atoms with Crippen LogP contribution in [-0.4, -0.2) is 12.1 Å². The third kappa shape index (κ3) is 6.58. The van der Waals surface area contributed by atoms with Crippen molar-refractivity contribution < 1.29 is 0 Å². The zero-order valence-corrected chi connectivity index (χ0v) is 14.8. The van der Waals surface area contributed by atoms with Crippen molar-refractivity contribution >= 4 is 15.9 Å². The maximum atomic E-state index is 3.65. The molecule has 0 bridgehead atoms. The lowest BCUT2D eigenvalue weighted by Gasteiger charge is -2.34. The zero-order chi connectivity index (χ0) is 14.7. The Morgan fingerprint density at radius 3 is 1.95 bits per heavy atom. The summed E-state index contributed by atoms with van der Waals surface area (Å²) in [5.41, 5.74) is 1.91. The predicted octanol–water partition coefficient (Wildman–Crippen LogP) is 5.04.